The van der Waals surface area contributed by atoms with Crippen molar-refractivity contribution in [2.24, 2.45) is 5.41 Å². The zero-order chi connectivity index (χ0) is 11.8. The first-order chi connectivity index (χ1) is 7.50. The van der Waals surface area contributed by atoms with Gasteiger partial charge in [-0.25, -0.2) is 0 Å². The molecule has 0 saturated carbocycles. The van der Waals surface area contributed by atoms with Gasteiger partial charge in [-0.2, -0.15) is 0 Å². The molecule has 0 radical (unpaired) electrons. The molecule has 2 aromatic rings. The Labute approximate surface area is 100 Å². The van der Waals surface area contributed by atoms with Crippen molar-refractivity contribution in [3.63, 3.8) is 0 Å². The number of hydrogen-bond donors (Lipinski definition) is 2. The second kappa shape index (κ2) is 4.11. The molecule has 1 heterocycles. The third-order valence-corrected chi connectivity index (χ3v) is 2.97. The van der Waals surface area contributed by atoms with Gasteiger partial charge in [-0.1, -0.05) is 25.4 Å². The van der Waals surface area contributed by atoms with Crippen LogP contribution in [0.3, 0.4) is 0 Å². The van der Waals surface area contributed by atoms with E-state index in [0.29, 0.717) is 0 Å². The highest BCUT2D eigenvalue weighted by molar-refractivity contribution is 6.31. The third-order valence-electron chi connectivity index (χ3n) is 2.74. The summed E-state index contributed by atoms with van der Waals surface area (Å²) in [5.74, 6) is 0. The fraction of sp³-hybridized carbons (Fsp3) is 0.385. The summed E-state index contributed by atoms with van der Waals surface area (Å²) < 4.78 is 0. The van der Waals surface area contributed by atoms with Crippen molar-refractivity contribution in [3.05, 3.63) is 35.0 Å². The predicted molar refractivity (Wildman–Crippen MR) is 67.9 cm³/mol. The Hall–Kier alpha value is -0.990. The molecule has 86 valence electrons. The fourth-order valence-corrected chi connectivity index (χ4v) is 2.01. The van der Waals surface area contributed by atoms with Crippen LogP contribution < -0.4 is 0 Å². The van der Waals surface area contributed by atoms with Gasteiger partial charge in [0.1, 0.15) is 0 Å². The summed E-state index contributed by atoms with van der Waals surface area (Å²) in [5, 5.41) is 11.1. The van der Waals surface area contributed by atoms with Crippen molar-refractivity contribution in [3.8, 4) is 0 Å². The van der Waals surface area contributed by atoms with Gasteiger partial charge in [-0.3, -0.25) is 0 Å². The number of aliphatic hydroxyl groups is 1. The molecule has 16 heavy (non-hydrogen) atoms. The Morgan fingerprint density at radius 3 is 2.75 bits per heavy atom. The number of nitrogens with one attached hydrogen (secondary N) is 1. The van der Waals surface area contributed by atoms with E-state index in [-0.39, 0.29) is 12.0 Å². The van der Waals surface area contributed by atoms with Gasteiger partial charge in [0.25, 0.3) is 0 Å². The lowest BCUT2D eigenvalue weighted by molar-refractivity contribution is 0.159. The van der Waals surface area contributed by atoms with Crippen molar-refractivity contribution in [1.29, 1.82) is 0 Å². The van der Waals surface area contributed by atoms with Crippen LogP contribution in [-0.4, -0.2) is 16.7 Å². The van der Waals surface area contributed by atoms with E-state index < -0.39 is 0 Å². The molecule has 2 N–H and O–H groups in total. The van der Waals surface area contributed by atoms with Crippen LogP contribution >= 0.6 is 11.6 Å². The predicted octanol–water partition coefficient (Wildman–Crippen LogP) is 3.38. The van der Waals surface area contributed by atoms with Crippen molar-refractivity contribution in [1.82, 2.24) is 4.98 Å². The maximum atomic E-state index is 9.24. The van der Waals surface area contributed by atoms with Crippen LogP contribution in [0.25, 0.3) is 10.9 Å². The summed E-state index contributed by atoms with van der Waals surface area (Å²) in [6.45, 7) is 4.28. The van der Waals surface area contributed by atoms with Gasteiger partial charge < -0.3 is 10.1 Å². The molecule has 3 heteroatoms. The summed E-state index contributed by atoms with van der Waals surface area (Å²) in [5.41, 5.74) is 2.13. The first kappa shape index (κ1) is 11.5. The van der Waals surface area contributed by atoms with Crippen LogP contribution in [0.5, 0.6) is 0 Å². The summed E-state index contributed by atoms with van der Waals surface area (Å²) in [7, 11) is 0. The van der Waals surface area contributed by atoms with E-state index in [2.05, 4.69) is 11.1 Å². The minimum atomic E-state index is -0.0926. The van der Waals surface area contributed by atoms with E-state index in [1.807, 2.05) is 32.0 Å². The summed E-state index contributed by atoms with van der Waals surface area (Å²) in [6, 6.07) is 7.90. The highest BCUT2D eigenvalue weighted by Crippen LogP contribution is 2.25. The summed E-state index contributed by atoms with van der Waals surface area (Å²) in [4.78, 5) is 3.34. The van der Waals surface area contributed by atoms with E-state index >= 15 is 0 Å². The minimum absolute atomic E-state index is 0.0926. The molecule has 0 saturated heterocycles. The molecular formula is C13H16ClNO. The molecule has 0 aliphatic carbocycles. The van der Waals surface area contributed by atoms with Crippen LogP contribution in [0, 0.1) is 5.41 Å². The Kier molecular flexibility index (Phi) is 2.96. The van der Waals surface area contributed by atoms with Crippen molar-refractivity contribution >= 4 is 22.5 Å². The quantitative estimate of drug-likeness (QED) is 0.844. The van der Waals surface area contributed by atoms with E-state index in [9.17, 15) is 5.11 Å². The number of aromatic nitrogens is 1. The number of fused-ring (bicyclic) bond motifs is 1. The topological polar surface area (TPSA) is 36.0 Å². The number of H-pyrrole nitrogens is 1. The monoisotopic (exact) mass is 237 g/mol. The Balaban J connectivity index is 2.33. The van der Waals surface area contributed by atoms with E-state index in [1.165, 1.54) is 0 Å². The lowest BCUT2D eigenvalue weighted by atomic mass is 9.89. The highest BCUT2D eigenvalue weighted by atomic mass is 35.5. The lowest BCUT2D eigenvalue weighted by Gasteiger charge is -2.20. The lowest BCUT2D eigenvalue weighted by Crippen LogP contribution is -2.19. The van der Waals surface area contributed by atoms with Crippen molar-refractivity contribution in [2.75, 3.05) is 6.61 Å². The fourth-order valence-electron chi connectivity index (χ4n) is 1.83. The Morgan fingerprint density at radius 1 is 1.31 bits per heavy atom. The van der Waals surface area contributed by atoms with Gasteiger partial charge >= 0.3 is 0 Å². The molecular weight excluding hydrogens is 222 g/mol. The number of aliphatic hydroxyl groups excluding tert-OH is 1. The molecule has 0 fully saturated rings. The number of hydrogen-bond acceptors (Lipinski definition) is 1. The summed E-state index contributed by atoms with van der Waals surface area (Å²) >= 11 is 5.93. The first-order valence-corrected chi connectivity index (χ1v) is 5.76. The summed E-state index contributed by atoms with van der Waals surface area (Å²) in [6.07, 6.45) is 0.829. The standard InChI is InChI=1S/C13H16ClNO/c1-13(2,8-16)7-11-6-9-5-10(14)3-4-12(9)15-11/h3-6,15-16H,7-8H2,1-2H3. The average Bonchev–Trinajstić information content (AvgIpc) is 2.58. The molecule has 0 amide bonds. The van der Waals surface area contributed by atoms with E-state index in [0.717, 1.165) is 28.0 Å². The molecule has 0 bridgehead atoms. The Bertz CT molecular complexity index is 502. The Morgan fingerprint density at radius 2 is 2.06 bits per heavy atom. The number of benzene rings is 1. The van der Waals surface area contributed by atoms with Gasteiger partial charge in [0.2, 0.25) is 0 Å². The maximum absolute atomic E-state index is 9.24. The van der Waals surface area contributed by atoms with Crippen LogP contribution in [0.4, 0.5) is 0 Å². The van der Waals surface area contributed by atoms with Crippen LogP contribution in [0.1, 0.15) is 19.5 Å². The van der Waals surface area contributed by atoms with Gasteiger partial charge in [-0.05, 0) is 36.1 Å². The molecule has 1 aromatic carbocycles. The minimum Gasteiger partial charge on any atom is -0.396 e. The van der Waals surface area contributed by atoms with Crippen molar-refractivity contribution < 1.29 is 5.11 Å². The van der Waals surface area contributed by atoms with Crippen LogP contribution in [0.15, 0.2) is 24.3 Å². The second-order valence-electron chi connectivity index (χ2n) is 5.03. The number of halogens is 1. The molecule has 0 aliphatic rings. The van der Waals surface area contributed by atoms with E-state index in [1.54, 1.807) is 0 Å². The molecule has 2 nitrogen and oxygen atoms in total. The maximum Gasteiger partial charge on any atom is 0.0485 e. The third kappa shape index (κ3) is 2.39. The largest absolute Gasteiger partial charge is 0.396 e. The number of aromatic amines is 1. The molecule has 1 aromatic heterocycles. The molecule has 2 rings (SSSR count). The molecule has 0 spiro atoms. The van der Waals surface area contributed by atoms with E-state index in [4.69, 9.17) is 11.6 Å². The van der Waals surface area contributed by atoms with Gasteiger partial charge in [0, 0.05) is 28.2 Å². The smallest absolute Gasteiger partial charge is 0.0485 e. The van der Waals surface area contributed by atoms with Gasteiger partial charge in [0.15, 0.2) is 0 Å². The first-order valence-electron chi connectivity index (χ1n) is 5.38. The zero-order valence-corrected chi connectivity index (χ0v) is 10.3. The normalized spacial score (nSPS) is 12.2. The SMILES string of the molecule is CC(C)(CO)Cc1cc2cc(Cl)ccc2[nH]1. The highest BCUT2D eigenvalue weighted by Gasteiger charge is 2.18. The van der Waals surface area contributed by atoms with Gasteiger partial charge in [-0.15, -0.1) is 0 Å². The van der Waals surface area contributed by atoms with Crippen LogP contribution in [0.2, 0.25) is 5.02 Å². The second-order valence-corrected chi connectivity index (χ2v) is 5.46. The average molecular weight is 238 g/mol. The molecule has 0 unspecified atom stereocenters. The number of rotatable bonds is 3. The molecule has 0 atom stereocenters. The zero-order valence-electron chi connectivity index (χ0n) is 9.55. The van der Waals surface area contributed by atoms with Crippen LogP contribution in [-0.2, 0) is 6.42 Å². The van der Waals surface area contributed by atoms with Crippen molar-refractivity contribution in [2.45, 2.75) is 20.3 Å². The molecule has 0 aliphatic heterocycles. The van der Waals surface area contributed by atoms with Gasteiger partial charge in [0.05, 0.1) is 0 Å².